The first-order valence-corrected chi connectivity index (χ1v) is 5.81. The molecule has 2 rings (SSSR count). The topological polar surface area (TPSA) is 34.1 Å². The molecule has 1 unspecified atom stereocenters. The van der Waals surface area contributed by atoms with Crippen molar-refractivity contribution < 1.29 is 13.5 Å². The summed E-state index contributed by atoms with van der Waals surface area (Å²) in [5.41, 5.74) is 1.44. The molecular weight excluding hydrogens is 250 g/mol. The summed E-state index contributed by atoms with van der Waals surface area (Å²) in [4.78, 5) is 4.06. The number of hydrogen-bond donors (Lipinski definition) is 1. The number of methoxy groups -OCH3 is 1. The maximum Gasteiger partial charge on any atom is 0.213 e. The van der Waals surface area contributed by atoms with Crippen molar-refractivity contribution in [3.63, 3.8) is 0 Å². The summed E-state index contributed by atoms with van der Waals surface area (Å²) >= 11 is 0. The minimum atomic E-state index is -0.848. The van der Waals surface area contributed by atoms with E-state index in [4.69, 9.17) is 4.74 Å². The summed E-state index contributed by atoms with van der Waals surface area (Å²) in [7, 11) is 1.54. The first-order chi connectivity index (χ1) is 9.10. The molecule has 0 aliphatic heterocycles. The van der Waals surface area contributed by atoms with E-state index in [-0.39, 0.29) is 6.04 Å². The number of aromatic nitrogens is 1. The van der Waals surface area contributed by atoms with E-state index in [0.717, 1.165) is 11.8 Å². The third kappa shape index (κ3) is 3.19. The Kier molecular flexibility index (Phi) is 3.94. The molecule has 1 atom stereocenters. The minimum Gasteiger partial charge on any atom is -0.481 e. The summed E-state index contributed by atoms with van der Waals surface area (Å²) in [6.45, 7) is 1.86. The largest absolute Gasteiger partial charge is 0.481 e. The molecule has 0 spiro atoms. The first kappa shape index (κ1) is 13.3. The molecule has 0 amide bonds. The highest BCUT2D eigenvalue weighted by Crippen LogP contribution is 2.21. The number of nitrogens with one attached hydrogen (secondary N) is 1. The fraction of sp³-hybridized carbons (Fsp3) is 0.214. The van der Waals surface area contributed by atoms with Crippen LogP contribution in [0.2, 0.25) is 0 Å². The lowest BCUT2D eigenvalue weighted by molar-refractivity contribution is 0.398. The summed E-state index contributed by atoms with van der Waals surface area (Å²) in [5, 5.41) is 3.15. The van der Waals surface area contributed by atoms with Crippen LogP contribution in [-0.4, -0.2) is 12.1 Å². The first-order valence-electron chi connectivity index (χ1n) is 5.81. The van der Waals surface area contributed by atoms with E-state index in [0.29, 0.717) is 11.4 Å². The normalized spacial score (nSPS) is 12.0. The number of hydrogen-bond acceptors (Lipinski definition) is 3. The zero-order valence-corrected chi connectivity index (χ0v) is 10.7. The number of halogens is 2. The number of anilines is 1. The predicted molar refractivity (Wildman–Crippen MR) is 69.2 cm³/mol. The van der Waals surface area contributed by atoms with Crippen LogP contribution in [0.25, 0.3) is 0 Å². The van der Waals surface area contributed by atoms with Crippen LogP contribution in [0.15, 0.2) is 36.5 Å². The predicted octanol–water partition coefficient (Wildman–Crippen LogP) is 3.54. The Bertz CT molecular complexity index is 558. The molecule has 0 aliphatic rings. The summed E-state index contributed by atoms with van der Waals surface area (Å²) in [6.07, 6.45) is 1.62. The zero-order valence-electron chi connectivity index (χ0n) is 10.7. The number of rotatable bonds is 4. The smallest absolute Gasteiger partial charge is 0.213 e. The molecule has 100 valence electrons. The van der Waals surface area contributed by atoms with E-state index in [1.165, 1.54) is 6.07 Å². The van der Waals surface area contributed by atoms with Crippen molar-refractivity contribution in [3.8, 4) is 5.88 Å². The second kappa shape index (κ2) is 5.65. The maximum atomic E-state index is 13.1. The quantitative estimate of drug-likeness (QED) is 0.917. The molecule has 1 N–H and O–H groups in total. The third-order valence-corrected chi connectivity index (χ3v) is 2.77. The summed E-state index contributed by atoms with van der Waals surface area (Å²) in [5.74, 6) is -1.17. The molecule has 0 saturated carbocycles. The van der Waals surface area contributed by atoms with Crippen molar-refractivity contribution in [2.24, 2.45) is 0 Å². The van der Waals surface area contributed by atoms with E-state index >= 15 is 0 Å². The molecule has 0 radical (unpaired) electrons. The van der Waals surface area contributed by atoms with Crippen LogP contribution >= 0.6 is 0 Å². The van der Waals surface area contributed by atoms with Crippen LogP contribution in [0.5, 0.6) is 5.88 Å². The Morgan fingerprint density at radius 3 is 2.53 bits per heavy atom. The van der Waals surface area contributed by atoms with Crippen LogP contribution in [-0.2, 0) is 0 Å². The van der Waals surface area contributed by atoms with Crippen LogP contribution in [0.3, 0.4) is 0 Å². The lowest BCUT2D eigenvalue weighted by atomic mass is 10.1. The molecule has 1 heterocycles. The molecular formula is C14H14F2N2O. The van der Waals surface area contributed by atoms with Crippen LogP contribution < -0.4 is 10.1 Å². The van der Waals surface area contributed by atoms with Crippen LogP contribution in [0.1, 0.15) is 18.5 Å². The van der Waals surface area contributed by atoms with Gasteiger partial charge in [0, 0.05) is 12.1 Å². The Balaban J connectivity index is 2.10. The molecule has 1 aromatic carbocycles. The highest BCUT2D eigenvalue weighted by atomic mass is 19.2. The van der Waals surface area contributed by atoms with Gasteiger partial charge in [-0.25, -0.2) is 13.8 Å². The number of benzene rings is 1. The summed E-state index contributed by atoms with van der Waals surface area (Å²) < 4.78 is 31.0. The zero-order chi connectivity index (χ0) is 13.8. The van der Waals surface area contributed by atoms with Crippen molar-refractivity contribution in [2.45, 2.75) is 13.0 Å². The van der Waals surface area contributed by atoms with Gasteiger partial charge in [-0.15, -0.1) is 0 Å². The Labute approximate surface area is 110 Å². The van der Waals surface area contributed by atoms with Gasteiger partial charge in [0.25, 0.3) is 0 Å². The van der Waals surface area contributed by atoms with Crippen LogP contribution in [0, 0.1) is 11.6 Å². The lowest BCUT2D eigenvalue weighted by Crippen LogP contribution is -2.07. The maximum absolute atomic E-state index is 13.1. The van der Waals surface area contributed by atoms with Crippen molar-refractivity contribution in [2.75, 3.05) is 12.4 Å². The second-order valence-corrected chi connectivity index (χ2v) is 4.13. The standard InChI is InChI=1S/C14H14F2N2O/c1-9(10-3-5-12(15)13(16)7-10)18-11-4-6-14(19-2)17-8-11/h3-9,18H,1-2H3. The molecule has 2 aromatic rings. The molecule has 3 nitrogen and oxygen atoms in total. The van der Waals surface area contributed by atoms with Gasteiger partial charge in [-0.1, -0.05) is 6.07 Å². The van der Waals surface area contributed by atoms with Crippen molar-refractivity contribution in [1.29, 1.82) is 0 Å². The van der Waals surface area contributed by atoms with Gasteiger partial charge in [0.2, 0.25) is 5.88 Å². The molecule has 19 heavy (non-hydrogen) atoms. The van der Waals surface area contributed by atoms with E-state index in [2.05, 4.69) is 10.3 Å². The molecule has 0 aliphatic carbocycles. The highest BCUT2D eigenvalue weighted by Gasteiger charge is 2.09. The Hall–Kier alpha value is -2.17. The van der Waals surface area contributed by atoms with Crippen LogP contribution in [0.4, 0.5) is 14.5 Å². The van der Waals surface area contributed by atoms with Crippen molar-refractivity contribution in [1.82, 2.24) is 4.98 Å². The SMILES string of the molecule is COc1ccc(NC(C)c2ccc(F)c(F)c2)cn1. The average molecular weight is 264 g/mol. The summed E-state index contributed by atoms with van der Waals surface area (Å²) in [6, 6.07) is 7.22. The highest BCUT2D eigenvalue weighted by molar-refractivity contribution is 5.44. The third-order valence-electron chi connectivity index (χ3n) is 2.77. The van der Waals surface area contributed by atoms with E-state index < -0.39 is 11.6 Å². The van der Waals surface area contributed by atoms with Gasteiger partial charge in [-0.05, 0) is 30.7 Å². The van der Waals surface area contributed by atoms with Gasteiger partial charge in [0.1, 0.15) is 0 Å². The number of ether oxygens (including phenoxy) is 1. The number of nitrogens with zero attached hydrogens (tertiary/aromatic N) is 1. The molecule has 5 heteroatoms. The van der Waals surface area contributed by atoms with E-state index in [1.807, 2.05) is 13.0 Å². The fourth-order valence-electron chi connectivity index (χ4n) is 1.70. The van der Waals surface area contributed by atoms with Crippen molar-refractivity contribution in [3.05, 3.63) is 53.7 Å². The van der Waals surface area contributed by atoms with Gasteiger partial charge in [0.05, 0.1) is 19.0 Å². The van der Waals surface area contributed by atoms with Gasteiger partial charge >= 0.3 is 0 Å². The van der Waals surface area contributed by atoms with Crippen molar-refractivity contribution >= 4 is 5.69 Å². The molecule has 1 aromatic heterocycles. The lowest BCUT2D eigenvalue weighted by Gasteiger charge is -2.15. The second-order valence-electron chi connectivity index (χ2n) is 4.13. The minimum absolute atomic E-state index is 0.162. The van der Waals surface area contributed by atoms with Gasteiger partial charge in [0.15, 0.2) is 11.6 Å². The molecule has 0 fully saturated rings. The molecule has 0 bridgehead atoms. The Morgan fingerprint density at radius 2 is 1.95 bits per heavy atom. The average Bonchev–Trinajstić information content (AvgIpc) is 2.42. The Morgan fingerprint density at radius 1 is 1.16 bits per heavy atom. The van der Waals surface area contributed by atoms with Gasteiger partial charge in [-0.3, -0.25) is 0 Å². The number of pyridine rings is 1. The van der Waals surface area contributed by atoms with Gasteiger partial charge in [-0.2, -0.15) is 0 Å². The van der Waals surface area contributed by atoms with Gasteiger partial charge < -0.3 is 10.1 Å². The monoisotopic (exact) mass is 264 g/mol. The fourth-order valence-corrected chi connectivity index (χ4v) is 1.70. The molecule has 0 saturated heterocycles. The van der Waals surface area contributed by atoms with E-state index in [1.54, 1.807) is 25.4 Å². The van der Waals surface area contributed by atoms with E-state index in [9.17, 15) is 8.78 Å².